The number of hydrogen-bond acceptors (Lipinski definition) is 2. The second-order valence-electron chi connectivity index (χ2n) is 4.86. The maximum atomic E-state index is 13.8. The molecule has 0 aliphatic rings. The van der Waals surface area contributed by atoms with E-state index in [1.54, 1.807) is 17.4 Å². The van der Waals surface area contributed by atoms with Gasteiger partial charge in [-0.05, 0) is 0 Å². The van der Waals surface area contributed by atoms with Gasteiger partial charge in [-0.25, -0.2) is 22.0 Å². The third kappa shape index (κ3) is 4.45. The molecule has 0 fully saturated rings. The molecule has 10 heteroatoms. The molecule has 0 atom stereocenters. The van der Waals surface area contributed by atoms with Crippen LogP contribution in [0.2, 0.25) is 22.6 Å². The van der Waals surface area contributed by atoms with Crippen molar-refractivity contribution in [2.45, 2.75) is 29.6 Å². The van der Waals surface area contributed by atoms with E-state index in [-0.39, 0.29) is 0 Å². The van der Waals surface area contributed by atoms with E-state index >= 15 is 0 Å². The molecule has 0 aromatic heterocycles. The van der Waals surface area contributed by atoms with Crippen molar-refractivity contribution in [2.75, 3.05) is 0 Å². The highest BCUT2D eigenvalue weighted by Gasteiger charge is 2.37. The summed E-state index contributed by atoms with van der Waals surface area (Å²) >= 11 is -3.66. The predicted molar refractivity (Wildman–Crippen MR) is 73.4 cm³/mol. The fourth-order valence-corrected chi connectivity index (χ4v) is 3.19. The summed E-state index contributed by atoms with van der Waals surface area (Å²) in [5, 5.41) is 0.634. The van der Waals surface area contributed by atoms with Crippen molar-refractivity contribution in [3.63, 3.8) is 0 Å². The van der Waals surface area contributed by atoms with Gasteiger partial charge in [-0.15, -0.1) is 0 Å². The lowest BCUT2D eigenvalue weighted by Crippen LogP contribution is -2.47. The van der Waals surface area contributed by atoms with Crippen molar-refractivity contribution >= 4 is 41.5 Å². The highest BCUT2D eigenvalue weighted by molar-refractivity contribution is 6.75. The molecule has 2 nitrogen and oxygen atoms in total. The van der Waals surface area contributed by atoms with E-state index in [0.29, 0.717) is 5.28 Å². The highest BCUT2D eigenvalue weighted by atomic mass is 27.2. The zero-order valence-electron chi connectivity index (χ0n) is 12.1. The Morgan fingerprint density at radius 3 is 1.62 bits per heavy atom. The zero-order valence-corrected chi connectivity index (χ0v) is 14.5. The van der Waals surface area contributed by atoms with Gasteiger partial charge < -0.3 is 7.41 Å². The molecule has 0 heterocycles. The van der Waals surface area contributed by atoms with Crippen LogP contribution >= 0.6 is 0 Å². The van der Waals surface area contributed by atoms with Crippen molar-refractivity contribution in [2.24, 2.45) is 0 Å². The van der Waals surface area contributed by atoms with Crippen molar-refractivity contribution in [3.8, 4) is 0 Å². The van der Waals surface area contributed by atoms with Crippen LogP contribution in [0.4, 0.5) is 22.0 Å². The Morgan fingerprint density at radius 2 is 1.24 bits per heavy atom. The largest absolute Gasteiger partial charge is 0.541 e. The number of rotatable bonds is 6. The maximum Gasteiger partial charge on any atom is 0.443 e. The van der Waals surface area contributed by atoms with Gasteiger partial charge in [0.15, 0.2) is 29.1 Å². The van der Waals surface area contributed by atoms with E-state index in [2.05, 4.69) is 0 Å². The van der Waals surface area contributed by atoms with E-state index in [4.69, 9.17) is 7.41 Å². The van der Waals surface area contributed by atoms with Crippen molar-refractivity contribution < 1.29 is 29.4 Å². The van der Waals surface area contributed by atoms with E-state index in [9.17, 15) is 22.0 Å². The molecule has 0 radical (unpaired) electrons. The predicted octanol–water partition coefficient (Wildman–Crippen LogP) is 3.00. The molecule has 21 heavy (non-hydrogen) atoms. The topological polar surface area (TPSA) is 18.5 Å². The van der Waals surface area contributed by atoms with Gasteiger partial charge in [0.2, 0.25) is 0 Å². The summed E-state index contributed by atoms with van der Waals surface area (Å²) in [7, 11) is -1.55. The molecule has 0 saturated heterocycles. The molecule has 0 bridgehead atoms. The highest BCUT2D eigenvalue weighted by Crippen LogP contribution is 2.18. The van der Waals surface area contributed by atoms with Crippen molar-refractivity contribution in [1.29, 1.82) is 0 Å². The monoisotopic (exact) mass is 338 g/mol. The van der Waals surface area contributed by atoms with E-state index in [1.807, 2.05) is 6.92 Å². The minimum Gasteiger partial charge on any atom is -0.541 e. The zero-order chi connectivity index (χ0) is 16.3. The Hall–Kier alpha value is -0.0801. The second-order valence-corrected chi connectivity index (χ2v) is 9.93. The molecular formula is C11H14Al2BF5O2. The third-order valence-corrected chi connectivity index (χ3v) is 5.46. The molecular weight excluding hydrogens is 324 g/mol. The minimum atomic E-state index is -2.19. The standard InChI is InChI=1S/C6BF5O2.C2H5.3CH3.2Al/c8-2-1(7(13)14)3(9)5(11)6(12)4(2)10;1-2;;;;;/h;1H2,2H3;3*1H3;;/q-2;;;;;2*+1. The summed E-state index contributed by atoms with van der Waals surface area (Å²) in [6.07, 6.45) is 0. The van der Waals surface area contributed by atoms with Crippen LogP contribution < -0.4 is 5.46 Å². The van der Waals surface area contributed by atoms with Crippen LogP contribution in [0.3, 0.4) is 0 Å². The molecule has 0 aliphatic heterocycles. The molecule has 0 aliphatic carbocycles. The van der Waals surface area contributed by atoms with Crippen LogP contribution in [-0.4, -0.2) is 36.1 Å². The fraction of sp³-hybridized carbons (Fsp3) is 0.455. The summed E-state index contributed by atoms with van der Waals surface area (Å²) in [4.78, 5) is 0. The Kier molecular flexibility index (Phi) is 7.19. The molecule has 1 aromatic rings. The molecule has 1 aromatic carbocycles. The third-order valence-electron chi connectivity index (χ3n) is 2.81. The molecule has 0 spiro atoms. The summed E-state index contributed by atoms with van der Waals surface area (Å²) in [6.45, 7) is 1.82. The molecule has 0 N–H and O–H groups in total. The average molecular weight is 338 g/mol. The van der Waals surface area contributed by atoms with Crippen LogP contribution in [-0.2, 0) is 7.41 Å². The van der Waals surface area contributed by atoms with Gasteiger partial charge in [-0.1, -0.05) is 29.6 Å². The Morgan fingerprint density at radius 1 is 0.810 bits per heavy atom. The number of halogens is 5. The lowest BCUT2D eigenvalue weighted by molar-refractivity contribution is 0.377. The SMILES string of the molecule is C[CH2][Al]([CH3])[O]B([O][Al]([CH3])[CH3])c1c(F)c(F)c(F)c(F)c1F. The van der Waals surface area contributed by atoms with Crippen LogP contribution in [0.15, 0.2) is 0 Å². The lowest BCUT2D eigenvalue weighted by atomic mass is 9.79. The van der Waals surface area contributed by atoms with E-state index < -0.39 is 70.6 Å². The van der Waals surface area contributed by atoms with Crippen LogP contribution in [0.5, 0.6) is 0 Å². The van der Waals surface area contributed by atoms with Crippen molar-refractivity contribution in [1.82, 2.24) is 0 Å². The maximum absolute atomic E-state index is 13.8. The van der Waals surface area contributed by atoms with Gasteiger partial charge in [0.1, 0.15) is 0 Å². The fourth-order valence-electron chi connectivity index (χ4n) is 1.55. The van der Waals surface area contributed by atoms with Crippen LogP contribution in [0.1, 0.15) is 6.92 Å². The van der Waals surface area contributed by atoms with Gasteiger partial charge in [-0.2, -0.15) is 0 Å². The molecule has 0 unspecified atom stereocenters. The first-order chi connectivity index (χ1) is 9.70. The summed E-state index contributed by atoms with van der Waals surface area (Å²) in [5.41, 5.74) is -1.04. The van der Waals surface area contributed by atoms with E-state index in [0.717, 1.165) is 0 Å². The normalized spacial score (nSPS) is 10.7. The quantitative estimate of drug-likeness (QED) is 0.344. The number of benzene rings is 1. The average Bonchev–Trinajstić information content (AvgIpc) is 2.42. The Labute approximate surface area is 129 Å². The van der Waals surface area contributed by atoms with Gasteiger partial charge in [0, 0.05) is 0 Å². The minimum absolute atomic E-state index is 0.634. The van der Waals surface area contributed by atoms with Crippen LogP contribution in [0, 0.1) is 29.1 Å². The smallest absolute Gasteiger partial charge is 0.443 e. The first-order valence-corrected chi connectivity index (χ1v) is 11.7. The molecule has 0 amide bonds. The molecule has 0 saturated carbocycles. The van der Waals surface area contributed by atoms with Crippen molar-refractivity contribution in [3.05, 3.63) is 29.1 Å². The summed E-state index contributed by atoms with van der Waals surface area (Å²) < 4.78 is 78.0. The van der Waals surface area contributed by atoms with Gasteiger partial charge in [-0.3, -0.25) is 0 Å². The summed E-state index contributed by atoms with van der Waals surface area (Å²) in [6, 6.07) is 0. The molecule has 114 valence electrons. The van der Waals surface area contributed by atoms with E-state index in [1.165, 1.54) is 0 Å². The lowest BCUT2D eigenvalue weighted by Gasteiger charge is -2.21. The summed E-state index contributed by atoms with van der Waals surface area (Å²) in [5.74, 6) is -4.79. The first kappa shape index (κ1) is 19.0. The van der Waals surface area contributed by atoms with Crippen LogP contribution in [0.25, 0.3) is 0 Å². The first-order valence-electron chi connectivity index (χ1n) is 6.52. The number of hydrogen-bond donors (Lipinski definition) is 0. The van der Waals surface area contributed by atoms with Gasteiger partial charge in [0.05, 0.1) is 5.46 Å². The Balaban J connectivity index is 3.36. The van der Waals surface area contributed by atoms with Gasteiger partial charge >= 0.3 is 36.1 Å². The molecule has 1 rings (SSSR count). The Bertz CT molecular complexity index is 489. The van der Waals surface area contributed by atoms with Gasteiger partial charge in [0.25, 0.3) is 0 Å². The second kappa shape index (κ2) is 7.97.